The van der Waals surface area contributed by atoms with Gasteiger partial charge in [-0.2, -0.15) is 5.10 Å². The van der Waals surface area contributed by atoms with Gasteiger partial charge in [0.15, 0.2) is 0 Å². The number of methoxy groups -OCH3 is 1. The predicted molar refractivity (Wildman–Crippen MR) is 120 cm³/mol. The van der Waals surface area contributed by atoms with E-state index in [1.165, 1.54) is 13.3 Å². The molecule has 2 N–H and O–H groups in total. The second-order valence-electron chi connectivity index (χ2n) is 6.29. The van der Waals surface area contributed by atoms with Gasteiger partial charge in [0.1, 0.15) is 11.5 Å². The molecule has 0 heterocycles. The molecule has 0 unspecified atom stereocenters. The van der Waals surface area contributed by atoms with E-state index < -0.39 is 17.8 Å². The van der Waals surface area contributed by atoms with Crippen LogP contribution in [0.4, 0.5) is 5.69 Å². The molecule has 162 valence electrons. The average molecular weight is 452 g/mol. The zero-order valence-corrected chi connectivity index (χ0v) is 17.6. The number of nitrogens with one attached hydrogen (secondary N) is 2. The van der Waals surface area contributed by atoms with Gasteiger partial charge in [-0.3, -0.25) is 9.59 Å². The lowest BCUT2D eigenvalue weighted by molar-refractivity contribution is -0.136. The predicted octanol–water partition coefficient (Wildman–Crippen LogP) is 3.66. The van der Waals surface area contributed by atoms with Crippen molar-refractivity contribution in [2.75, 3.05) is 12.4 Å². The molecule has 9 heteroatoms. The number of hydrazone groups is 1. The molecule has 0 aliphatic carbocycles. The highest BCUT2D eigenvalue weighted by atomic mass is 35.5. The van der Waals surface area contributed by atoms with Crippen molar-refractivity contribution in [3.8, 4) is 11.5 Å². The van der Waals surface area contributed by atoms with Gasteiger partial charge in [-0.25, -0.2) is 10.2 Å². The summed E-state index contributed by atoms with van der Waals surface area (Å²) in [6, 6.07) is 19.6. The van der Waals surface area contributed by atoms with Crippen molar-refractivity contribution in [3.63, 3.8) is 0 Å². The first kappa shape index (κ1) is 22.5. The van der Waals surface area contributed by atoms with Gasteiger partial charge in [-0.15, -0.1) is 0 Å². The number of nitrogens with zero attached hydrogens (tertiary/aromatic N) is 1. The van der Waals surface area contributed by atoms with Gasteiger partial charge in [0.05, 0.1) is 29.6 Å². The summed E-state index contributed by atoms with van der Waals surface area (Å²) in [7, 11) is 1.46. The van der Waals surface area contributed by atoms with Crippen LogP contribution in [0.1, 0.15) is 15.9 Å². The number of ether oxygens (including phenoxy) is 2. The summed E-state index contributed by atoms with van der Waals surface area (Å²) >= 11 is 5.99. The largest absolute Gasteiger partial charge is 0.495 e. The maximum atomic E-state index is 12.2. The van der Waals surface area contributed by atoms with Gasteiger partial charge in [0.25, 0.3) is 0 Å². The van der Waals surface area contributed by atoms with Crippen molar-refractivity contribution in [2.24, 2.45) is 5.10 Å². The molecule has 0 atom stereocenters. The lowest BCUT2D eigenvalue weighted by Gasteiger charge is -2.08. The van der Waals surface area contributed by atoms with E-state index >= 15 is 0 Å². The molecule has 0 saturated heterocycles. The number of carbonyl (C=O) groups excluding carboxylic acids is 3. The summed E-state index contributed by atoms with van der Waals surface area (Å²) in [6.07, 6.45) is 1.34. The van der Waals surface area contributed by atoms with Crippen LogP contribution < -0.4 is 20.2 Å². The van der Waals surface area contributed by atoms with E-state index in [0.29, 0.717) is 27.8 Å². The number of esters is 1. The number of hydrogen-bond acceptors (Lipinski definition) is 6. The van der Waals surface area contributed by atoms with Crippen LogP contribution in [-0.2, 0) is 9.59 Å². The number of para-hydroxylation sites is 2. The van der Waals surface area contributed by atoms with Gasteiger partial charge in [-0.05, 0) is 54.1 Å². The first-order valence-corrected chi connectivity index (χ1v) is 9.70. The quantitative estimate of drug-likeness (QED) is 0.195. The van der Waals surface area contributed by atoms with Crippen molar-refractivity contribution in [1.29, 1.82) is 0 Å². The smallest absolute Gasteiger partial charge is 0.345 e. The van der Waals surface area contributed by atoms with E-state index in [4.69, 9.17) is 21.1 Å². The molecule has 0 aromatic heterocycles. The fraction of sp³-hybridized carbons (Fsp3) is 0.0435. The second kappa shape index (κ2) is 10.7. The molecule has 0 aliphatic heterocycles. The monoisotopic (exact) mass is 451 g/mol. The van der Waals surface area contributed by atoms with Crippen LogP contribution in [0.3, 0.4) is 0 Å². The van der Waals surface area contributed by atoms with Crippen LogP contribution in [0.2, 0.25) is 5.02 Å². The Morgan fingerprint density at radius 1 is 0.906 bits per heavy atom. The number of rotatable bonds is 6. The van der Waals surface area contributed by atoms with Crippen LogP contribution in [0.15, 0.2) is 77.9 Å². The van der Waals surface area contributed by atoms with Gasteiger partial charge in [0.2, 0.25) is 0 Å². The van der Waals surface area contributed by atoms with Crippen LogP contribution in [0, 0.1) is 0 Å². The van der Waals surface area contributed by atoms with Crippen molar-refractivity contribution in [3.05, 3.63) is 88.9 Å². The highest BCUT2D eigenvalue weighted by Crippen LogP contribution is 2.22. The van der Waals surface area contributed by atoms with E-state index in [9.17, 15) is 14.4 Å². The fourth-order valence-corrected chi connectivity index (χ4v) is 2.77. The van der Waals surface area contributed by atoms with E-state index in [-0.39, 0.29) is 5.56 Å². The fourth-order valence-electron chi connectivity index (χ4n) is 2.55. The van der Waals surface area contributed by atoms with Crippen molar-refractivity contribution in [1.82, 2.24) is 5.43 Å². The highest BCUT2D eigenvalue weighted by Gasteiger charge is 2.15. The molecule has 2 amide bonds. The second-order valence-corrected chi connectivity index (χ2v) is 6.70. The molecule has 8 nitrogen and oxygen atoms in total. The molecule has 0 radical (unpaired) electrons. The van der Waals surface area contributed by atoms with Gasteiger partial charge in [0, 0.05) is 0 Å². The van der Waals surface area contributed by atoms with Crippen LogP contribution >= 0.6 is 11.6 Å². The number of anilines is 1. The SMILES string of the molecule is COc1ccccc1NC(=O)C(=O)N/N=C/c1ccc(OC(=O)c2ccccc2Cl)cc1. The number of hydrogen-bond donors (Lipinski definition) is 2. The average Bonchev–Trinajstić information content (AvgIpc) is 2.80. The lowest BCUT2D eigenvalue weighted by atomic mass is 10.2. The molecular formula is C23H18ClN3O5. The number of carbonyl (C=O) groups is 3. The third-order valence-electron chi connectivity index (χ3n) is 4.13. The minimum Gasteiger partial charge on any atom is -0.495 e. The molecule has 0 fully saturated rings. The minimum atomic E-state index is -0.947. The Kier molecular flexibility index (Phi) is 7.55. The van der Waals surface area contributed by atoms with E-state index in [1.807, 2.05) is 0 Å². The summed E-state index contributed by atoms with van der Waals surface area (Å²) < 4.78 is 10.4. The maximum Gasteiger partial charge on any atom is 0.345 e. The third kappa shape index (κ3) is 5.93. The number of benzene rings is 3. The first-order chi connectivity index (χ1) is 15.5. The molecule has 0 bridgehead atoms. The first-order valence-electron chi connectivity index (χ1n) is 9.32. The van der Waals surface area contributed by atoms with Crippen molar-refractivity contribution < 1.29 is 23.9 Å². The Morgan fingerprint density at radius 3 is 2.31 bits per heavy atom. The molecule has 3 aromatic carbocycles. The van der Waals surface area contributed by atoms with Crippen LogP contribution in [0.25, 0.3) is 0 Å². The summed E-state index contributed by atoms with van der Waals surface area (Å²) in [6.45, 7) is 0. The number of amides is 2. The summed E-state index contributed by atoms with van der Waals surface area (Å²) in [5.74, 6) is -1.68. The topological polar surface area (TPSA) is 106 Å². The molecule has 0 saturated carbocycles. The van der Waals surface area contributed by atoms with Gasteiger partial charge >= 0.3 is 17.8 Å². The summed E-state index contributed by atoms with van der Waals surface area (Å²) in [5.41, 5.74) is 3.37. The normalized spacial score (nSPS) is 10.4. The van der Waals surface area contributed by atoms with Crippen molar-refractivity contribution in [2.45, 2.75) is 0 Å². The van der Waals surface area contributed by atoms with E-state index in [1.54, 1.807) is 72.8 Å². The highest BCUT2D eigenvalue weighted by molar-refractivity contribution is 6.39. The number of halogens is 1. The minimum absolute atomic E-state index is 0.258. The molecule has 3 rings (SSSR count). The Bertz CT molecular complexity index is 1160. The molecule has 0 spiro atoms. The lowest BCUT2D eigenvalue weighted by Crippen LogP contribution is -2.32. The Morgan fingerprint density at radius 2 is 1.59 bits per heavy atom. The zero-order valence-electron chi connectivity index (χ0n) is 16.9. The summed E-state index contributed by atoms with van der Waals surface area (Å²) in [5, 5.41) is 6.50. The Hall–Kier alpha value is -4.17. The van der Waals surface area contributed by atoms with Crippen molar-refractivity contribution >= 4 is 41.3 Å². The Labute approximate surface area is 188 Å². The molecule has 0 aliphatic rings. The molecule has 32 heavy (non-hydrogen) atoms. The molecule has 3 aromatic rings. The van der Waals surface area contributed by atoms with E-state index in [0.717, 1.165) is 0 Å². The van der Waals surface area contributed by atoms with Crippen LogP contribution in [0.5, 0.6) is 11.5 Å². The maximum absolute atomic E-state index is 12.2. The Balaban J connectivity index is 1.53. The standard InChI is InChI=1S/C23H18ClN3O5/c1-31-20-9-5-4-8-19(20)26-21(28)22(29)27-25-14-15-10-12-16(13-11-15)32-23(30)17-6-2-3-7-18(17)24/h2-14H,1H3,(H,26,28)(H,27,29)/b25-14+. The van der Waals surface area contributed by atoms with Crippen LogP contribution in [-0.4, -0.2) is 31.1 Å². The summed E-state index contributed by atoms with van der Waals surface area (Å²) in [4.78, 5) is 36.1. The van der Waals surface area contributed by atoms with Gasteiger partial charge in [-0.1, -0.05) is 35.9 Å². The van der Waals surface area contributed by atoms with E-state index in [2.05, 4.69) is 15.8 Å². The molecular weight excluding hydrogens is 434 g/mol. The third-order valence-corrected chi connectivity index (χ3v) is 4.46. The van der Waals surface area contributed by atoms with Gasteiger partial charge < -0.3 is 14.8 Å². The zero-order chi connectivity index (χ0) is 22.9.